The molecule has 29 heavy (non-hydrogen) atoms. The summed E-state index contributed by atoms with van der Waals surface area (Å²) in [7, 11) is -1.87. The first-order valence-corrected chi connectivity index (χ1v) is 10.4. The van der Waals surface area contributed by atoms with Gasteiger partial charge in [-0.2, -0.15) is 0 Å². The van der Waals surface area contributed by atoms with Crippen LogP contribution in [-0.4, -0.2) is 52.2 Å². The highest BCUT2D eigenvalue weighted by molar-refractivity contribution is 14.0. The van der Waals surface area contributed by atoms with E-state index < -0.39 is 14.8 Å². The van der Waals surface area contributed by atoms with Crippen molar-refractivity contribution < 1.29 is 17.8 Å². The highest BCUT2D eigenvalue weighted by Crippen LogP contribution is 2.27. The van der Waals surface area contributed by atoms with E-state index >= 15 is 0 Å². The minimum atomic E-state index is -3.52. The van der Waals surface area contributed by atoms with Gasteiger partial charge >= 0.3 is 0 Å². The third-order valence-electron chi connectivity index (χ3n) is 3.79. The van der Waals surface area contributed by atoms with Crippen molar-refractivity contribution in [3.05, 3.63) is 52.5 Å². The Morgan fingerprint density at radius 2 is 1.93 bits per heavy atom. The zero-order valence-corrected chi connectivity index (χ0v) is 19.2. The lowest BCUT2D eigenvalue weighted by Crippen LogP contribution is -2.40. The van der Waals surface area contributed by atoms with Gasteiger partial charge in [0.2, 0.25) is 0 Å². The van der Waals surface area contributed by atoms with Crippen LogP contribution >= 0.6 is 24.0 Å². The number of furan rings is 1. The molecule has 0 radical (unpaired) electrons. The van der Waals surface area contributed by atoms with Crippen molar-refractivity contribution in [2.75, 3.05) is 38.3 Å². The first-order valence-electron chi connectivity index (χ1n) is 8.50. The lowest BCUT2D eigenvalue weighted by Gasteiger charge is -2.12. The van der Waals surface area contributed by atoms with Crippen LogP contribution in [0.3, 0.4) is 0 Å². The van der Waals surface area contributed by atoms with Gasteiger partial charge in [-0.05, 0) is 24.3 Å². The van der Waals surface area contributed by atoms with E-state index in [1.165, 1.54) is 12.1 Å². The van der Waals surface area contributed by atoms with Crippen LogP contribution in [0.2, 0.25) is 0 Å². The molecule has 0 amide bonds. The average molecular weight is 537 g/mol. The van der Waals surface area contributed by atoms with Crippen LogP contribution in [0.15, 0.2) is 50.9 Å². The van der Waals surface area contributed by atoms with E-state index in [0.29, 0.717) is 32.0 Å². The summed E-state index contributed by atoms with van der Waals surface area (Å²) in [5.74, 6) is 1.46. The fourth-order valence-corrected chi connectivity index (χ4v) is 3.04. The van der Waals surface area contributed by atoms with Gasteiger partial charge in [-0.1, -0.05) is 0 Å². The Morgan fingerprint density at radius 3 is 2.52 bits per heavy atom. The molecule has 0 saturated heterocycles. The van der Waals surface area contributed by atoms with E-state index in [4.69, 9.17) is 4.42 Å². The van der Waals surface area contributed by atoms with Gasteiger partial charge in [0.15, 0.2) is 15.8 Å². The molecule has 1 aromatic heterocycles. The molecule has 0 aliphatic carbocycles. The van der Waals surface area contributed by atoms with Gasteiger partial charge < -0.3 is 20.4 Å². The number of nitrogens with zero attached hydrogens (tertiary/aromatic N) is 2. The number of guanidine groups is 1. The van der Waals surface area contributed by atoms with E-state index in [1.807, 2.05) is 12.1 Å². The molecule has 1 aromatic carbocycles. The Morgan fingerprint density at radius 1 is 1.21 bits per heavy atom. The molecule has 160 valence electrons. The molecule has 2 rings (SSSR count). The quantitative estimate of drug-likeness (QED) is 0.110. The number of nitro groups is 1. The number of nitrogens with one attached hydrogen (secondary N) is 3. The van der Waals surface area contributed by atoms with Crippen molar-refractivity contribution in [2.45, 2.75) is 11.3 Å². The summed E-state index contributed by atoms with van der Waals surface area (Å²) in [6.07, 6.45) is 3.34. The van der Waals surface area contributed by atoms with Gasteiger partial charge in [-0.15, -0.1) is 24.0 Å². The van der Waals surface area contributed by atoms with Gasteiger partial charge in [-0.3, -0.25) is 15.1 Å². The molecule has 0 spiro atoms. The van der Waals surface area contributed by atoms with Crippen LogP contribution in [0.5, 0.6) is 0 Å². The number of anilines is 1. The number of hydrogen-bond acceptors (Lipinski definition) is 7. The van der Waals surface area contributed by atoms with E-state index in [0.717, 1.165) is 18.1 Å². The highest BCUT2D eigenvalue weighted by Gasteiger charge is 2.18. The van der Waals surface area contributed by atoms with E-state index in [9.17, 15) is 18.5 Å². The Bertz CT molecular complexity index is 932. The predicted molar refractivity (Wildman–Crippen MR) is 122 cm³/mol. The zero-order chi connectivity index (χ0) is 20.6. The highest BCUT2D eigenvalue weighted by atomic mass is 127. The maximum Gasteiger partial charge on any atom is 0.293 e. The van der Waals surface area contributed by atoms with Crippen LogP contribution in [0.25, 0.3) is 0 Å². The molecule has 0 aliphatic heterocycles. The summed E-state index contributed by atoms with van der Waals surface area (Å²) >= 11 is 0. The van der Waals surface area contributed by atoms with E-state index in [1.54, 1.807) is 13.3 Å². The summed E-state index contributed by atoms with van der Waals surface area (Å²) in [5, 5.41) is 20.4. The number of halogens is 1. The molecule has 1 heterocycles. The molecule has 0 fully saturated rings. The summed E-state index contributed by atoms with van der Waals surface area (Å²) in [5.41, 5.74) is -0.0381. The molecule has 10 nitrogen and oxygen atoms in total. The van der Waals surface area contributed by atoms with Gasteiger partial charge in [0.25, 0.3) is 5.69 Å². The topological polar surface area (TPSA) is 139 Å². The van der Waals surface area contributed by atoms with Crippen molar-refractivity contribution in [3.63, 3.8) is 0 Å². The Hall–Kier alpha value is -2.35. The second-order valence-corrected chi connectivity index (χ2v) is 7.91. The van der Waals surface area contributed by atoms with Gasteiger partial charge in [0.1, 0.15) is 11.4 Å². The third-order valence-corrected chi connectivity index (χ3v) is 4.90. The maximum absolute atomic E-state index is 11.6. The van der Waals surface area contributed by atoms with Crippen molar-refractivity contribution in [1.29, 1.82) is 0 Å². The number of hydrogen-bond donors (Lipinski definition) is 3. The molecule has 12 heteroatoms. The number of sulfone groups is 1. The van der Waals surface area contributed by atoms with Crippen LogP contribution in [0, 0.1) is 10.1 Å². The van der Waals surface area contributed by atoms with Crippen molar-refractivity contribution >= 4 is 51.1 Å². The zero-order valence-electron chi connectivity index (χ0n) is 16.0. The number of benzene rings is 1. The first-order chi connectivity index (χ1) is 13.3. The van der Waals surface area contributed by atoms with Crippen LogP contribution in [0.1, 0.15) is 5.76 Å². The fourth-order valence-electron chi connectivity index (χ4n) is 2.40. The first kappa shape index (κ1) is 24.7. The molecule has 0 aliphatic rings. The molecular weight excluding hydrogens is 513 g/mol. The number of rotatable bonds is 9. The second-order valence-electron chi connectivity index (χ2n) is 5.89. The minimum Gasteiger partial charge on any atom is -0.469 e. The van der Waals surface area contributed by atoms with Crippen LogP contribution in [-0.2, 0) is 16.3 Å². The summed E-state index contributed by atoms with van der Waals surface area (Å²) in [6, 6.07) is 7.51. The van der Waals surface area contributed by atoms with E-state index in [2.05, 4.69) is 20.9 Å². The Labute approximate surface area is 186 Å². The lowest BCUT2D eigenvalue weighted by molar-refractivity contribution is -0.384. The SMILES string of the molecule is CN=C(NCCNc1ccc(S(C)(=O)=O)cc1[N+](=O)[O-])NCCc1ccco1.I. The van der Waals surface area contributed by atoms with Gasteiger partial charge in [0, 0.05) is 45.4 Å². The molecule has 0 saturated carbocycles. The van der Waals surface area contributed by atoms with Gasteiger partial charge in [-0.25, -0.2) is 8.42 Å². The summed E-state index contributed by atoms with van der Waals surface area (Å²) in [4.78, 5) is 14.6. The summed E-state index contributed by atoms with van der Waals surface area (Å²) in [6.45, 7) is 1.46. The molecule has 0 atom stereocenters. The molecule has 3 N–H and O–H groups in total. The average Bonchev–Trinajstić information content (AvgIpc) is 3.16. The van der Waals surface area contributed by atoms with Crippen molar-refractivity contribution in [3.8, 4) is 0 Å². The molecular formula is C17H24IN5O5S. The molecule has 0 bridgehead atoms. The number of aliphatic imine (C=N–C) groups is 1. The van der Waals surface area contributed by atoms with Gasteiger partial charge in [0.05, 0.1) is 16.1 Å². The van der Waals surface area contributed by atoms with Crippen LogP contribution < -0.4 is 16.0 Å². The summed E-state index contributed by atoms with van der Waals surface area (Å²) < 4.78 is 28.4. The van der Waals surface area contributed by atoms with Crippen molar-refractivity contribution in [2.24, 2.45) is 4.99 Å². The smallest absolute Gasteiger partial charge is 0.293 e. The molecule has 2 aromatic rings. The predicted octanol–water partition coefficient (Wildman–Crippen LogP) is 2.03. The normalized spacial score (nSPS) is 11.4. The van der Waals surface area contributed by atoms with E-state index in [-0.39, 0.29) is 40.2 Å². The largest absolute Gasteiger partial charge is 0.469 e. The monoisotopic (exact) mass is 537 g/mol. The third kappa shape index (κ3) is 7.89. The van der Waals surface area contributed by atoms with Crippen molar-refractivity contribution in [1.82, 2.24) is 10.6 Å². The lowest BCUT2D eigenvalue weighted by atomic mass is 10.2. The Balaban J connectivity index is 0.00000420. The maximum atomic E-state index is 11.6. The second kappa shape index (κ2) is 11.6. The number of nitro benzene ring substituents is 1. The minimum absolute atomic E-state index is 0. The Kier molecular flexibility index (Phi) is 9.88. The standard InChI is InChI=1S/C17H23N5O5S.HI/c1-18-17(20-8-7-13-4-3-11-27-13)21-10-9-19-15-6-5-14(28(2,25)26)12-16(15)22(23)24;/h3-6,11-12,19H,7-10H2,1-2H3,(H2,18,20,21);1H. The van der Waals surface area contributed by atoms with Crippen LogP contribution in [0.4, 0.5) is 11.4 Å². The molecule has 0 unspecified atom stereocenters. The fraction of sp³-hybridized carbons (Fsp3) is 0.353.